The fraction of sp³-hybridized carbons (Fsp3) is 0.833. The molecule has 1 unspecified atom stereocenters. The Morgan fingerprint density at radius 3 is 2.82 bits per heavy atom. The molecule has 0 aromatic heterocycles. The highest BCUT2D eigenvalue weighted by Gasteiger charge is 2.30. The number of carboxylic acid groups (broad SMARTS) is 1. The molecule has 0 aromatic rings. The maximum atomic E-state index is 10.4. The monoisotopic (exact) mass is 161 g/mol. The molecule has 11 heavy (non-hydrogen) atoms. The lowest BCUT2D eigenvalue weighted by atomic mass is 10.3. The number of ether oxygens (including phenoxy) is 1. The molecule has 0 aromatic carbocycles. The molecule has 1 heterocycles. The van der Waals surface area contributed by atoms with Gasteiger partial charge in [-0.1, -0.05) is 0 Å². The van der Waals surface area contributed by atoms with E-state index in [1.54, 1.807) is 6.92 Å². The molecule has 5 nitrogen and oxygen atoms in total. The van der Waals surface area contributed by atoms with Gasteiger partial charge in [-0.2, -0.15) is 0 Å². The summed E-state index contributed by atoms with van der Waals surface area (Å²) in [5, 5.41) is 17.8. The van der Waals surface area contributed by atoms with E-state index in [-0.39, 0.29) is 6.54 Å². The summed E-state index contributed by atoms with van der Waals surface area (Å²) in [6.45, 7) is 2.23. The Balaban J connectivity index is 2.58. The highest BCUT2D eigenvalue weighted by molar-refractivity contribution is 5.65. The van der Waals surface area contributed by atoms with Crippen molar-refractivity contribution < 1.29 is 19.7 Å². The lowest BCUT2D eigenvalue weighted by Crippen LogP contribution is -2.52. The summed E-state index contributed by atoms with van der Waals surface area (Å²) in [5.41, 5.74) is 0. The molecule has 1 fully saturated rings. The normalized spacial score (nSPS) is 32.0. The highest BCUT2D eigenvalue weighted by atomic mass is 16.5. The Morgan fingerprint density at radius 1 is 1.73 bits per heavy atom. The van der Waals surface area contributed by atoms with Crippen molar-refractivity contribution in [2.75, 3.05) is 13.2 Å². The van der Waals surface area contributed by atoms with Crippen molar-refractivity contribution in [1.29, 1.82) is 0 Å². The zero-order valence-corrected chi connectivity index (χ0v) is 6.23. The molecule has 0 aliphatic carbocycles. The third kappa shape index (κ3) is 1.61. The number of nitrogens with zero attached hydrogens (tertiary/aromatic N) is 1. The van der Waals surface area contributed by atoms with Crippen molar-refractivity contribution in [1.82, 2.24) is 4.90 Å². The minimum Gasteiger partial charge on any atom is -0.465 e. The van der Waals surface area contributed by atoms with Crippen LogP contribution < -0.4 is 0 Å². The summed E-state index contributed by atoms with van der Waals surface area (Å²) in [6, 6.07) is 0. The molecule has 64 valence electrons. The minimum absolute atomic E-state index is 0.237. The molecular formula is C6H11NO4. The summed E-state index contributed by atoms with van der Waals surface area (Å²) in [7, 11) is 0. The molecule has 2 atom stereocenters. The number of aliphatic hydroxyl groups excluding tert-OH is 1. The molecule has 2 N–H and O–H groups in total. The van der Waals surface area contributed by atoms with Gasteiger partial charge in [0.1, 0.15) is 0 Å². The van der Waals surface area contributed by atoms with Crippen molar-refractivity contribution in [2.24, 2.45) is 0 Å². The lowest BCUT2D eigenvalue weighted by molar-refractivity contribution is -0.135. The van der Waals surface area contributed by atoms with E-state index in [4.69, 9.17) is 9.84 Å². The quantitative estimate of drug-likeness (QED) is 0.512. The average Bonchev–Trinajstić information content (AvgIpc) is 1.94. The van der Waals surface area contributed by atoms with Gasteiger partial charge in [0.2, 0.25) is 0 Å². The number of hydrogen-bond donors (Lipinski definition) is 2. The predicted molar refractivity (Wildman–Crippen MR) is 36.2 cm³/mol. The van der Waals surface area contributed by atoms with Crippen LogP contribution in [0.5, 0.6) is 0 Å². The fourth-order valence-electron chi connectivity index (χ4n) is 1.02. The number of morpholine rings is 1. The van der Waals surface area contributed by atoms with Crippen LogP contribution in [-0.4, -0.2) is 46.7 Å². The summed E-state index contributed by atoms with van der Waals surface area (Å²) < 4.78 is 5.02. The summed E-state index contributed by atoms with van der Waals surface area (Å²) in [5.74, 6) is 0. The molecule has 0 spiro atoms. The Kier molecular flexibility index (Phi) is 2.31. The zero-order valence-electron chi connectivity index (χ0n) is 6.23. The van der Waals surface area contributed by atoms with Crippen molar-refractivity contribution in [3.8, 4) is 0 Å². The van der Waals surface area contributed by atoms with Gasteiger partial charge in [0, 0.05) is 0 Å². The first-order valence-electron chi connectivity index (χ1n) is 3.42. The Bertz CT molecular complexity index is 161. The molecule has 1 saturated heterocycles. The summed E-state index contributed by atoms with van der Waals surface area (Å²) >= 11 is 0. The summed E-state index contributed by atoms with van der Waals surface area (Å²) in [6.07, 6.45) is -2.56. The maximum absolute atomic E-state index is 10.4. The molecule has 1 aliphatic rings. The number of carbonyl (C=O) groups is 1. The van der Waals surface area contributed by atoms with Crippen LogP contribution in [0.3, 0.4) is 0 Å². The van der Waals surface area contributed by atoms with Crippen molar-refractivity contribution in [3.63, 3.8) is 0 Å². The standard InChI is InChI=1S/C6H11NO4/c1-4-5(8)7(6(9)10)2-3-11-4/h4-5,8H,2-3H2,1H3,(H,9,10)/t4-,5?/m1/s1. The van der Waals surface area contributed by atoms with Gasteiger partial charge in [-0.25, -0.2) is 4.79 Å². The van der Waals surface area contributed by atoms with Gasteiger partial charge >= 0.3 is 6.09 Å². The van der Waals surface area contributed by atoms with E-state index in [2.05, 4.69) is 0 Å². The Labute approximate surface area is 64.2 Å². The first-order valence-corrected chi connectivity index (χ1v) is 3.42. The van der Waals surface area contributed by atoms with Gasteiger partial charge < -0.3 is 14.9 Å². The Hall–Kier alpha value is -0.810. The minimum atomic E-state index is -1.10. The van der Waals surface area contributed by atoms with Crippen LogP contribution >= 0.6 is 0 Å². The van der Waals surface area contributed by atoms with Crippen LogP contribution in [0.25, 0.3) is 0 Å². The molecule has 5 heteroatoms. The lowest BCUT2D eigenvalue weighted by Gasteiger charge is -2.34. The topological polar surface area (TPSA) is 70.0 Å². The third-order valence-corrected chi connectivity index (χ3v) is 1.70. The largest absolute Gasteiger partial charge is 0.465 e. The molecule has 1 rings (SSSR count). The fourth-order valence-corrected chi connectivity index (χ4v) is 1.02. The van der Waals surface area contributed by atoms with Crippen LogP contribution in [0.15, 0.2) is 0 Å². The van der Waals surface area contributed by atoms with E-state index >= 15 is 0 Å². The van der Waals surface area contributed by atoms with Gasteiger partial charge in [0.25, 0.3) is 0 Å². The first kappa shape index (κ1) is 8.29. The number of aliphatic hydroxyl groups is 1. The van der Waals surface area contributed by atoms with Crippen LogP contribution in [0.2, 0.25) is 0 Å². The number of amides is 1. The van der Waals surface area contributed by atoms with Gasteiger partial charge in [0.05, 0.1) is 19.3 Å². The van der Waals surface area contributed by atoms with Crippen molar-refractivity contribution in [3.05, 3.63) is 0 Å². The predicted octanol–water partition coefficient (Wildman–Crippen LogP) is -0.296. The third-order valence-electron chi connectivity index (χ3n) is 1.70. The van der Waals surface area contributed by atoms with Gasteiger partial charge in [0.15, 0.2) is 6.23 Å². The molecule has 0 radical (unpaired) electrons. The average molecular weight is 161 g/mol. The van der Waals surface area contributed by atoms with E-state index in [1.165, 1.54) is 0 Å². The van der Waals surface area contributed by atoms with Gasteiger partial charge in [-0.15, -0.1) is 0 Å². The van der Waals surface area contributed by atoms with Crippen molar-refractivity contribution >= 4 is 6.09 Å². The Morgan fingerprint density at radius 2 is 2.36 bits per heavy atom. The molecule has 0 bridgehead atoms. The van der Waals surface area contributed by atoms with E-state index in [1.807, 2.05) is 0 Å². The number of rotatable bonds is 0. The van der Waals surface area contributed by atoms with Crippen LogP contribution in [-0.2, 0) is 4.74 Å². The highest BCUT2D eigenvalue weighted by Crippen LogP contribution is 2.10. The smallest absolute Gasteiger partial charge is 0.409 e. The first-order chi connectivity index (χ1) is 5.13. The molecular weight excluding hydrogens is 150 g/mol. The van der Waals surface area contributed by atoms with Crippen LogP contribution in [0.4, 0.5) is 4.79 Å². The SMILES string of the molecule is C[C@H]1OCCN(C(=O)O)C1O. The van der Waals surface area contributed by atoms with Gasteiger partial charge in [-0.05, 0) is 6.92 Å². The van der Waals surface area contributed by atoms with Crippen LogP contribution in [0.1, 0.15) is 6.92 Å². The van der Waals surface area contributed by atoms with Crippen LogP contribution in [0, 0.1) is 0 Å². The molecule has 0 saturated carbocycles. The summed E-state index contributed by atoms with van der Waals surface area (Å²) in [4.78, 5) is 11.4. The molecule has 1 amide bonds. The van der Waals surface area contributed by atoms with Gasteiger partial charge in [-0.3, -0.25) is 4.90 Å². The van der Waals surface area contributed by atoms with E-state index in [9.17, 15) is 9.90 Å². The second-order valence-corrected chi connectivity index (χ2v) is 2.47. The van der Waals surface area contributed by atoms with E-state index in [0.717, 1.165) is 4.90 Å². The molecule has 1 aliphatic heterocycles. The maximum Gasteiger partial charge on any atom is 0.409 e. The van der Waals surface area contributed by atoms with E-state index < -0.39 is 18.4 Å². The second-order valence-electron chi connectivity index (χ2n) is 2.47. The zero-order chi connectivity index (χ0) is 8.43. The second kappa shape index (κ2) is 3.06. The van der Waals surface area contributed by atoms with Crippen molar-refractivity contribution in [2.45, 2.75) is 19.3 Å². The number of hydrogen-bond acceptors (Lipinski definition) is 3. The van der Waals surface area contributed by atoms with E-state index in [0.29, 0.717) is 6.61 Å².